The first-order chi connectivity index (χ1) is 14.9. The van der Waals surface area contributed by atoms with E-state index in [-0.39, 0.29) is 5.91 Å². The molecule has 0 radical (unpaired) electrons. The number of para-hydroxylation sites is 1. The maximum absolute atomic E-state index is 13.2. The van der Waals surface area contributed by atoms with Crippen LogP contribution in [0, 0.1) is 27.7 Å². The predicted molar refractivity (Wildman–Crippen MR) is 123 cm³/mol. The number of hydrogen-bond acceptors (Lipinski definition) is 3. The van der Waals surface area contributed by atoms with Crippen LogP contribution in [0.3, 0.4) is 0 Å². The number of rotatable bonds is 5. The van der Waals surface area contributed by atoms with Gasteiger partial charge in [0.2, 0.25) is 0 Å². The summed E-state index contributed by atoms with van der Waals surface area (Å²) in [7, 11) is 0. The van der Waals surface area contributed by atoms with Crippen LogP contribution in [-0.4, -0.2) is 25.5 Å². The minimum atomic E-state index is -0.194. The number of aromatic nitrogens is 4. The van der Waals surface area contributed by atoms with Crippen LogP contribution in [-0.2, 0) is 6.54 Å². The number of carbonyl (C=O) groups is 1. The number of carbonyl (C=O) groups excluding carboxylic acids is 1. The summed E-state index contributed by atoms with van der Waals surface area (Å²) in [6, 6.07) is 17.5. The van der Waals surface area contributed by atoms with Gasteiger partial charge in [-0.15, -0.1) is 0 Å². The molecule has 0 aliphatic carbocycles. The van der Waals surface area contributed by atoms with Gasteiger partial charge in [-0.2, -0.15) is 10.2 Å². The second-order valence-corrected chi connectivity index (χ2v) is 7.95. The number of nitrogens with one attached hydrogen (secondary N) is 1. The van der Waals surface area contributed by atoms with E-state index in [9.17, 15) is 4.79 Å². The Morgan fingerprint density at radius 1 is 0.903 bits per heavy atom. The minimum Gasteiger partial charge on any atom is -0.319 e. The van der Waals surface area contributed by atoms with E-state index in [0.29, 0.717) is 28.5 Å². The molecule has 0 fully saturated rings. The Bertz CT molecular complexity index is 1260. The highest BCUT2D eigenvalue weighted by Gasteiger charge is 2.22. The largest absolute Gasteiger partial charge is 0.319 e. The van der Waals surface area contributed by atoms with Gasteiger partial charge in [-0.25, -0.2) is 4.68 Å². The van der Waals surface area contributed by atoms with Gasteiger partial charge in [-0.1, -0.05) is 48.0 Å². The van der Waals surface area contributed by atoms with E-state index >= 15 is 0 Å². The highest BCUT2D eigenvalue weighted by atomic mass is 35.5. The van der Waals surface area contributed by atoms with Crippen molar-refractivity contribution in [2.24, 2.45) is 0 Å². The SMILES string of the molecule is Cc1nn(Cc2ccccc2Cl)c(C)c1NC(=O)c1c(C)nn(-c2ccccc2)c1C. The zero-order valence-electron chi connectivity index (χ0n) is 18.0. The molecule has 2 aromatic heterocycles. The molecule has 31 heavy (non-hydrogen) atoms. The Labute approximate surface area is 186 Å². The average Bonchev–Trinajstić information content (AvgIpc) is 3.20. The lowest BCUT2D eigenvalue weighted by Gasteiger charge is -2.09. The third-order valence-electron chi connectivity index (χ3n) is 5.42. The zero-order valence-corrected chi connectivity index (χ0v) is 18.7. The lowest BCUT2D eigenvalue weighted by Crippen LogP contribution is -2.15. The summed E-state index contributed by atoms with van der Waals surface area (Å²) < 4.78 is 3.66. The second-order valence-electron chi connectivity index (χ2n) is 7.54. The van der Waals surface area contributed by atoms with Gasteiger partial charge in [0.25, 0.3) is 5.91 Å². The van der Waals surface area contributed by atoms with Crippen molar-refractivity contribution in [1.82, 2.24) is 19.6 Å². The van der Waals surface area contributed by atoms with Gasteiger partial charge in [-0.3, -0.25) is 9.48 Å². The van der Waals surface area contributed by atoms with Gasteiger partial charge in [0.05, 0.1) is 46.3 Å². The maximum Gasteiger partial charge on any atom is 0.259 e. The van der Waals surface area contributed by atoms with Crippen LogP contribution in [0.4, 0.5) is 5.69 Å². The molecule has 0 bridgehead atoms. The molecule has 0 aliphatic rings. The van der Waals surface area contributed by atoms with Gasteiger partial charge >= 0.3 is 0 Å². The lowest BCUT2D eigenvalue weighted by molar-refractivity contribution is 0.102. The molecule has 0 aliphatic heterocycles. The highest BCUT2D eigenvalue weighted by molar-refractivity contribution is 6.31. The fraction of sp³-hybridized carbons (Fsp3) is 0.208. The van der Waals surface area contributed by atoms with Crippen molar-refractivity contribution in [2.45, 2.75) is 34.2 Å². The van der Waals surface area contributed by atoms with Crippen LogP contribution in [0.2, 0.25) is 5.02 Å². The van der Waals surface area contributed by atoms with E-state index in [1.807, 2.05) is 87.0 Å². The van der Waals surface area contributed by atoms with Gasteiger partial charge in [0, 0.05) is 5.02 Å². The zero-order chi connectivity index (χ0) is 22.1. The van der Waals surface area contributed by atoms with Crippen molar-refractivity contribution in [3.8, 4) is 5.69 Å². The van der Waals surface area contributed by atoms with E-state index in [2.05, 4.69) is 15.5 Å². The summed E-state index contributed by atoms with van der Waals surface area (Å²) in [5.74, 6) is -0.194. The predicted octanol–water partition coefficient (Wildman–Crippen LogP) is 5.26. The topological polar surface area (TPSA) is 64.7 Å². The van der Waals surface area contributed by atoms with Crippen molar-refractivity contribution in [2.75, 3.05) is 5.32 Å². The summed E-state index contributed by atoms with van der Waals surface area (Å²) in [5, 5.41) is 12.9. The second kappa shape index (κ2) is 8.40. The molecule has 2 aromatic carbocycles. The Morgan fingerprint density at radius 2 is 1.58 bits per heavy atom. The van der Waals surface area contributed by atoms with E-state index in [4.69, 9.17) is 11.6 Å². The van der Waals surface area contributed by atoms with Crippen LogP contribution >= 0.6 is 11.6 Å². The molecular weight excluding hydrogens is 410 g/mol. The lowest BCUT2D eigenvalue weighted by atomic mass is 10.1. The van der Waals surface area contributed by atoms with Crippen LogP contribution in [0.5, 0.6) is 0 Å². The first-order valence-corrected chi connectivity index (χ1v) is 10.4. The highest BCUT2D eigenvalue weighted by Crippen LogP contribution is 2.25. The average molecular weight is 434 g/mol. The summed E-state index contributed by atoms with van der Waals surface area (Å²) >= 11 is 6.31. The number of halogens is 1. The number of benzene rings is 2. The third-order valence-corrected chi connectivity index (χ3v) is 5.79. The first kappa shape index (κ1) is 20.9. The molecule has 0 spiro atoms. The number of amides is 1. The van der Waals surface area contributed by atoms with E-state index in [1.54, 1.807) is 4.68 Å². The molecule has 158 valence electrons. The molecule has 0 saturated heterocycles. The fourth-order valence-corrected chi connectivity index (χ4v) is 3.98. The Morgan fingerprint density at radius 3 is 2.29 bits per heavy atom. The molecule has 0 saturated carbocycles. The van der Waals surface area contributed by atoms with E-state index in [0.717, 1.165) is 28.3 Å². The molecule has 6 nitrogen and oxygen atoms in total. The number of aryl methyl sites for hydroxylation is 2. The van der Waals surface area contributed by atoms with Crippen LogP contribution < -0.4 is 5.32 Å². The standard InChI is InChI=1S/C24H24ClN5O/c1-15-22(17(3)30(28-15)20-11-6-5-7-12-20)24(31)26-23-16(2)27-29(18(23)4)14-19-10-8-9-13-21(19)25/h5-13H,14H2,1-4H3,(H,26,31). The Kier molecular flexibility index (Phi) is 5.65. The van der Waals surface area contributed by atoms with Crippen molar-refractivity contribution in [1.29, 1.82) is 0 Å². The summed E-state index contributed by atoms with van der Waals surface area (Å²) in [5.41, 5.74) is 6.27. The molecular formula is C24H24ClN5O. The Balaban J connectivity index is 1.62. The van der Waals surface area contributed by atoms with Crippen molar-refractivity contribution >= 4 is 23.2 Å². The summed E-state index contributed by atoms with van der Waals surface area (Å²) in [6.45, 7) is 8.12. The van der Waals surface area contributed by atoms with Gasteiger partial charge < -0.3 is 5.32 Å². The van der Waals surface area contributed by atoms with Crippen LogP contribution in [0.15, 0.2) is 54.6 Å². The maximum atomic E-state index is 13.2. The number of nitrogens with zero attached hydrogens (tertiary/aromatic N) is 4. The van der Waals surface area contributed by atoms with Crippen LogP contribution in [0.25, 0.3) is 5.69 Å². The third kappa shape index (κ3) is 3.99. The molecule has 4 rings (SSSR count). The first-order valence-electron chi connectivity index (χ1n) is 10.1. The molecule has 1 amide bonds. The molecule has 0 atom stereocenters. The summed E-state index contributed by atoms with van der Waals surface area (Å²) in [6.07, 6.45) is 0. The molecule has 4 aromatic rings. The minimum absolute atomic E-state index is 0.194. The van der Waals surface area contributed by atoms with Crippen molar-refractivity contribution in [3.63, 3.8) is 0 Å². The van der Waals surface area contributed by atoms with Gasteiger partial charge in [0.15, 0.2) is 0 Å². The number of hydrogen-bond donors (Lipinski definition) is 1. The Hall–Kier alpha value is -3.38. The molecule has 0 unspecified atom stereocenters. The summed E-state index contributed by atoms with van der Waals surface area (Å²) in [4.78, 5) is 13.2. The van der Waals surface area contributed by atoms with Gasteiger partial charge in [-0.05, 0) is 51.5 Å². The van der Waals surface area contributed by atoms with E-state index < -0.39 is 0 Å². The monoisotopic (exact) mass is 433 g/mol. The van der Waals surface area contributed by atoms with E-state index in [1.165, 1.54) is 0 Å². The van der Waals surface area contributed by atoms with Crippen LogP contribution in [0.1, 0.15) is 38.7 Å². The van der Waals surface area contributed by atoms with Crippen molar-refractivity contribution < 1.29 is 4.79 Å². The quantitative estimate of drug-likeness (QED) is 0.467. The van der Waals surface area contributed by atoms with Gasteiger partial charge in [0.1, 0.15) is 0 Å². The molecule has 7 heteroatoms. The smallest absolute Gasteiger partial charge is 0.259 e. The van der Waals surface area contributed by atoms with Crippen molar-refractivity contribution in [3.05, 3.63) is 93.5 Å². The molecule has 2 heterocycles. The fourth-order valence-electron chi connectivity index (χ4n) is 3.79. The number of anilines is 1. The molecule has 1 N–H and O–H groups in total. The normalized spacial score (nSPS) is 11.0.